The SMILES string of the molecule is c1n[nH]c2c1CN(CCOCC1CCCCO1)CC2. The van der Waals surface area contributed by atoms with Crippen molar-refractivity contribution in [3.63, 3.8) is 0 Å². The van der Waals surface area contributed by atoms with Gasteiger partial charge in [0, 0.05) is 43.9 Å². The van der Waals surface area contributed by atoms with E-state index in [-0.39, 0.29) is 0 Å². The van der Waals surface area contributed by atoms with Gasteiger partial charge < -0.3 is 9.47 Å². The number of H-pyrrole nitrogens is 1. The Balaban J connectivity index is 1.32. The van der Waals surface area contributed by atoms with Gasteiger partial charge in [-0.3, -0.25) is 10.00 Å². The summed E-state index contributed by atoms with van der Waals surface area (Å²) in [7, 11) is 0. The van der Waals surface area contributed by atoms with Gasteiger partial charge in [-0.1, -0.05) is 0 Å². The van der Waals surface area contributed by atoms with Gasteiger partial charge in [-0.25, -0.2) is 0 Å². The predicted molar refractivity (Wildman–Crippen MR) is 72.0 cm³/mol. The zero-order chi connectivity index (χ0) is 12.9. The molecule has 2 aliphatic rings. The molecule has 1 unspecified atom stereocenters. The predicted octanol–water partition coefficient (Wildman–Crippen LogP) is 1.35. The molecule has 2 aliphatic heterocycles. The lowest BCUT2D eigenvalue weighted by Gasteiger charge is -2.27. The third kappa shape index (κ3) is 3.55. The van der Waals surface area contributed by atoms with Gasteiger partial charge in [0.15, 0.2) is 0 Å². The van der Waals surface area contributed by atoms with Crippen LogP contribution in [0.1, 0.15) is 30.5 Å². The number of fused-ring (bicyclic) bond motifs is 1. The number of nitrogens with zero attached hydrogens (tertiary/aromatic N) is 2. The van der Waals surface area contributed by atoms with E-state index in [4.69, 9.17) is 9.47 Å². The van der Waals surface area contributed by atoms with E-state index in [2.05, 4.69) is 15.1 Å². The fraction of sp³-hybridized carbons (Fsp3) is 0.786. The van der Waals surface area contributed by atoms with Gasteiger partial charge >= 0.3 is 0 Å². The highest BCUT2D eigenvalue weighted by Gasteiger charge is 2.18. The van der Waals surface area contributed by atoms with Crippen molar-refractivity contribution in [2.24, 2.45) is 0 Å². The second kappa shape index (κ2) is 6.50. The van der Waals surface area contributed by atoms with Gasteiger partial charge in [0.1, 0.15) is 0 Å². The highest BCUT2D eigenvalue weighted by Crippen LogP contribution is 2.16. The molecule has 0 aromatic carbocycles. The van der Waals surface area contributed by atoms with Crippen LogP contribution < -0.4 is 0 Å². The molecule has 1 aromatic heterocycles. The number of rotatable bonds is 5. The number of nitrogens with one attached hydrogen (secondary N) is 1. The fourth-order valence-electron chi connectivity index (χ4n) is 2.82. The van der Waals surface area contributed by atoms with Gasteiger partial charge in [0.25, 0.3) is 0 Å². The van der Waals surface area contributed by atoms with Crippen LogP contribution in [0.3, 0.4) is 0 Å². The second-order valence-corrected chi connectivity index (χ2v) is 5.46. The molecule has 0 spiro atoms. The third-order valence-corrected chi connectivity index (χ3v) is 4.01. The van der Waals surface area contributed by atoms with Crippen LogP contribution in [0.25, 0.3) is 0 Å². The van der Waals surface area contributed by atoms with E-state index in [9.17, 15) is 0 Å². The van der Waals surface area contributed by atoms with Crippen LogP contribution in [0.5, 0.6) is 0 Å². The molecule has 0 radical (unpaired) electrons. The van der Waals surface area contributed by atoms with Crippen LogP contribution in [-0.4, -0.2) is 54.1 Å². The first kappa shape index (κ1) is 13.1. The quantitative estimate of drug-likeness (QED) is 0.817. The van der Waals surface area contributed by atoms with E-state index >= 15 is 0 Å². The highest BCUT2D eigenvalue weighted by atomic mass is 16.5. The number of aromatic nitrogens is 2. The lowest BCUT2D eigenvalue weighted by atomic mass is 10.1. The minimum Gasteiger partial charge on any atom is -0.377 e. The molecule has 19 heavy (non-hydrogen) atoms. The van der Waals surface area contributed by atoms with Crippen molar-refractivity contribution in [1.29, 1.82) is 0 Å². The Morgan fingerprint density at radius 1 is 1.47 bits per heavy atom. The van der Waals surface area contributed by atoms with Crippen LogP contribution in [0.2, 0.25) is 0 Å². The molecule has 5 heteroatoms. The molecule has 0 saturated carbocycles. The Bertz CT molecular complexity index is 388. The monoisotopic (exact) mass is 265 g/mol. The molecule has 106 valence electrons. The first-order valence-corrected chi connectivity index (χ1v) is 7.34. The average Bonchev–Trinajstić information content (AvgIpc) is 2.92. The number of ether oxygens (including phenoxy) is 2. The summed E-state index contributed by atoms with van der Waals surface area (Å²) >= 11 is 0. The Hall–Kier alpha value is -0.910. The summed E-state index contributed by atoms with van der Waals surface area (Å²) in [4.78, 5) is 2.43. The van der Waals surface area contributed by atoms with Gasteiger partial charge in [0.05, 0.1) is 25.5 Å². The fourth-order valence-corrected chi connectivity index (χ4v) is 2.82. The first-order valence-electron chi connectivity index (χ1n) is 7.34. The molecule has 0 bridgehead atoms. The minimum absolute atomic E-state index is 0.329. The second-order valence-electron chi connectivity index (χ2n) is 5.46. The first-order chi connectivity index (χ1) is 9.42. The van der Waals surface area contributed by atoms with E-state index in [0.29, 0.717) is 6.10 Å². The largest absolute Gasteiger partial charge is 0.377 e. The number of hydrogen-bond acceptors (Lipinski definition) is 4. The molecule has 1 saturated heterocycles. The summed E-state index contributed by atoms with van der Waals surface area (Å²) in [6.07, 6.45) is 6.98. The van der Waals surface area contributed by atoms with Crippen LogP contribution in [0.15, 0.2) is 6.20 Å². The van der Waals surface area contributed by atoms with Crippen LogP contribution >= 0.6 is 0 Å². The molecule has 5 nitrogen and oxygen atoms in total. The average molecular weight is 265 g/mol. The minimum atomic E-state index is 0.329. The Labute approximate surface area is 114 Å². The molecule has 3 heterocycles. The summed E-state index contributed by atoms with van der Waals surface area (Å²) in [5.74, 6) is 0. The van der Waals surface area contributed by atoms with Crippen LogP contribution in [0, 0.1) is 0 Å². The smallest absolute Gasteiger partial charge is 0.0808 e. The van der Waals surface area contributed by atoms with Crippen molar-refractivity contribution in [3.05, 3.63) is 17.5 Å². The van der Waals surface area contributed by atoms with Crippen molar-refractivity contribution in [3.8, 4) is 0 Å². The van der Waals surface area contributed by atoms with Crippen molar-refractivity contribution in [2.45, 2.75) is 38.3 Å². The van der Waals surface area contributed by atoms with E-state index < -0.39 is 0 Å². The van der Waals surface area contributed by atoms with E-state index in [0.717, 1.165) is 52.3 Å². The third-order valence-electron chi connectivity index (χ3n) is 4.01. The molecule has 0 aliphatic carbocycles. The lowest BCUT2D eigenvalue weighted by Crippen LogP contribution is -2.34. The van der Waals surface area contributed by atoms with Crippen molar-refractivity contribution in [2.75, 3.05) is 32.9 Å². The topological polar surface area (TPSA) is 50.4 Å². The van der Waals surface area contributed by atoms with Gasteiger partial charge in [-0.05, 0) is 19.3 Å². The summed E-state index contributed by atoms with van der Waals surface area (Å²) in [6.45, 7) is 5.55. The Morgan fingerprint density at radius 3 is 3.37 bits per heavy atom. The maximum absolute atomic E-state index is 5.76. The summed E-state index contributed by atoms with van der Waals surface area (Å²) < 4.78 is 11.4. The maximum atomic E-state index is 5.76. The molecule has 1 fully saturated rings. The Morgan fingerprint density at radius 2 is 2.47 bits per heavy atom. The molecule has 3 rings (SSSR count). The number of hydrogen-bond donors (Lipinski definition) is 1. The molecule has 1 aromatic rings. The van der Waals surface area contributed by atoms with Gasteiger partial charge in [0.2, 0.25) is 0 Å². The summed E-state index contributed by atoms with van der Waals surface area (Å²) in [6, 6.07) is 0. The van der Waals surface area contributed by atoms with Crippen molar-refractivity contribution >= 4 is 0 Å². The van der Waals surface area contributed by atoms with E-state index in [1.165, 1.54) is 24.1 Å². The molecule has 0 amide bonds. The van der Waals surface area contributed by atoms with Crippen molar-refractivity contribution < 1.29 is 9.47 Å². The van der Waals surface area contributed by atoms with Crippen LogP contribution in [-0.2, 0) is 22.4 Å². The highest BCUT2D eigenvalue weighted by molar-refractivity contribution is 5.18. The number of aromatic amines is 1. The Kier molecular flexibility index (Phi) is 4.48. The molecular formula is C14H23N3O2. The molecule has 1 N–H and O–H groups in total. The van der Waals surface area contributed by atoms with Gasteiger partial charge in [-0.15, -0.1) is 0 Å². The lowest BCUT2D eigenvalue weighted by molar-refractivity contribution is -0.0437. The molecule has 1 atom stereocenters. The zero-order valence-electron chi connectivity index (χ0n) is 11.4. The standard InChI is InChI=1S/C14H23N3O2/c1-2-7-19-13(3-1)11-18-8-6-17-5-4-14-12(10-17)9-15-16-14/h9,13H,1-8,10-11H2,(H,15,16). The normalized spacial score (nSPS) is 24.3. The summed E-state index contributed by atoms with van der Waals surface area (Å²) in [5.41, 5.74) is 2.63. The van der Waals surface area contributed by atoms with Gasteiger partial charge in [-0.2, -0.15) is 5.10 Å². The van der Waals surface area contributed by atoms with E-state index in [1.54, 1.807) is 0 Å². The van der Waals surface area contributed by atoms with Crippen molar-refractivity contribution in [1.82, 2.24) is 15.1 Å². The molecular weight excluding hydrogens is 242 g/mol. The zero-order valence-corrected chi connectivity index (χ0v) is 11.4. The summed E-state index contributed by atoms with van der Waals surface area (Å²) in [5, 5.41) is 7.16. The maximum Gasteiger partial charge on any atom is 0.0808 e. The van der Waals surface area contributed by atoms with E-state index in [1.807, 2.05) is 6.20 Å². The van der Waals surface area contributed by atoms with Crippen LogP contribution in [0.4, 0.5) is 0 Å².